The molecule has 20 heavy (non-hydrogen) atoms. The quantitative estimate of drug-likeness (QED) is 0.708. The molecule has 0 aromatic carbocycles. The maximum absolute atomic E-state index is 12.6. The van der Waals surface area contributed by atoms with Crippen molar-refractivity contribution in [1.29, 1.82) is 0 Å². The van der Waals surface area contributed by atoms with Crippen molar-refractivity contribution in [1.82, 2.24) is 14.7 Å². The van der Waals surface area contributed by atoms with E-state index in [-0.39, 0.29) is 23.9 Å². The molecule has 0 aliphatic rings. The van der Waals surface area contributed by atoms with E-state index in [0.717, 1.165) is 0 Å². The molecule has 0 aliphatic heterocycles. The van der Waals surface area contributed by atoms with Gasteiger partial charge in [0, 0.05) is 19.7 Å². The van der Waals surface area contributed by atoms with Crippen LogP contribution in [0.5, 0.6) is 0 Å². The van der Waals surface area contributed by atoms with Gasteiger partial charge in [-0.05, 0) is 7.05 Å². The second-order valence-corrected chi connectivity index (χ2v) is 5.71. The minimum atomic E-state index is -4.68. The molecule has 0 fully saturated rings. The van der Waals surface area contributed by atoms with Crippen molar-refractivity contribution in [2.24, 2.45) is 0 Å². The minimum Gasteiger partial charge on any atom is -0.373 e. The molecule has 1 aromatic rings. The number of alkyl halides is 3. The lowest BCUT2D eigenvalue weighted by Crippen LogP contribution is -2.26. The SMILES string of the molecule is CNc1cc(NCCS(=O)(=O)NC)nc(C(F)(F)F)n1. The molecule has 7 nitrogen and oxygen atoms in total. The van der Waals surface area contributed by atoms with Gasteiger partial charge in [0.15, 0.2) is 0 Å². The second-order valence-electron chi connectivity index (χ2n) is 3.66. The number of rotatable bonds is 6. The van der Waals surface area contributed by atoms with Gasteiger partial charge in [0.2, 0.25) is 15.8 Å². The van der Waals surface area contributed by atoms with Gasteiger partial charge in [0.05, 0.1) is 5.75 Å². The lowest BCUT2D eigenvalue weighted by Gasteiger charge is -2.11. The zero-order valence-electron chi connectivity index (χ0n) is 10.7. The summed E-state index contributed by atoms with van der Waals surface area (Å²) in [6, 6.07) is 1.25. The highest BCUT2D eigenvalue weighted by Gasteiger charge is 2.35. The lowest BCUT2D eigenvalue weighted by atomic mass is 10.4. The van der Waals surface area contributed by atoms with E-state index < -0.39 is 22.0 Å². The summed E-state index contributed by atoms with van der Waals surface area (Å²) in [6.07, 6.45) is -4.68. The first kappa shape index (κ1) is 16.4. The third-order valence-corrected chi connectivity index (χ3v) is 3.59. The van der Waals surface area contributed by atoms with Gasteiger partial charge < -0.3 is 10.6 Å². The zero-order valence-corrected chi connectivity index (χ0v) is 11.6. The highest BCUT2D eigenvalue weighted by atomic mass is 32.2. The summed E-state index contributed by atoms with van der Waals surface area (Å²) in [5.41, 5.74) is 0. The second kappa shape index (κ2) is 6.22. The van der Waals surface area contributed by atoms with Gasteiger partial charge >= 0.3 is 6.18 Å². The molecule has 114 valence electrons. The van der Waals surface area contributed by atoms with Crippen LogP contribution in [0.15, 0.2) is 6.07 Å². The van der Waals surface area contributed by atoms with Gasteiger partial charge in [-0.3, -0.25) is 0 Å². The average molecular weight is 313 g/mol. The smallest absolute Gasteiger partial charge is 0.373 e. The van der Waals surface area contributed by atoms with Crippen LogP contribution in [-0.4, -0.2) is 44.8 Å². The van der Waals surface area contributed by atoms with Crippen molar-refractivity contribution in [2.45, 2.75) is 6.18 Å². The van der Waals surface area contributed by atoms with Gasteiger partial charge in [-0.1, -0.05) is 0 Å². The average Bonchev–Trinajstić information content (AvgIpc) is 2.37. The monoisotopic (exact) mass is 313 g/mol. The summed E-state index contributed by atoms with van der Waals surface area (Å²) in [5.74, 6) is -1.72. The van der Waals surface area contributed by atoms with Crippen LogP contribution in [-0.2, 0) is 16.2 Å². The summed E-state index contributed by atoms with van der Waals surface area (Å²) < 4.78 is 62.1. The first-order valence-corrected chi connectivity index (χ1v) is 7.12. The number of anilines is 2. The lowest BCUT2D eigenvalue weighted by molar-refractivity contribution is -0.144. The van der Waals surface area contributed by atoms with E-state index in [0.29, 0.717) is 0 Å². The number of hydrogen-bond donors (Lipinski definition) is 3. The molecule has 0 saturated carbocycles. The van der Waals surface area contributed by atoms with Crippen molar-refractivity contribution in [2.75, 3.05) is 37.0 Å². The van der Waals surface area contributed by atoms with Crippen molar-refractivity contribution in [3.8, 4) is 0 Å². The standard InChI is InChI=1S/C9H14F3N5O2S/c1-13-6-5-7(15-3-4-20(18,19)14-2)17-8(16-6)9(10,11)12/h5,14H,3-4H2,1-2H3,(H2,13,15,16,17). The van der Waals surface area contributed by atoms with Crippen molar-refractivity contribution in [3.05, 3.63) is 11.9 Å². The van der Waals surface area contributed by atoms with Crippen molar-refractivity contribution >= 4 is 21.7 Å². The summed E-state index contributed by atoms with van der Waals surface area (Å²) >= 11 is 0. The number of sulfonamides is 1. The summed E-state index contributed by atoms with van der Waals surface area (Å²) in [7, 11) is -0.772. The summed E-state index contributed by atoms with van der Waals surface area (Å²) in [5, 5.41) is 4.99. The number of aromatic nitrogens is 2. The molecule has 0 amide bonds. The zero-order chi connectivity index (χ0) is 15.4. The van der Waals surface area contributed by atoms with Crippen molar-refractivity contribution < 1.29 is 21.6 Å². The third-order valence-electron chi connectivity index (χ3n) is 2.22. The molecular weight excluding hydrogens is 299 g/mol. The Hall–Kier alpha value is -1.62. The van der Waals surface area contributed by atoms with Crippen LogP contribution in [0, 0.1) is 0 Å². The highest BCUT2D eigenvalue weighted by Crippen LogP contribution is 2.28. The third kappa shape index (κ3) is 4.81. The Labute approximate surface area is 114 Å². The van der Waals surface area contributed by atoms with Crippen LogP contribution >= 0.6 is 0 Å². The molecule has 0 spiro atoms. The molecule has 0 unspecified atom stereocenters. The Morgan fingerprint density at radius 1 is 1.20 bits per heavy atom. The number of nitrogens with one attached hydrogen (secondary N) is 3. The summed E-state index contributed by atoms with van der Waals surface area (Å²) in [4.78, 5) is 6.57. The minimum absolute atomic E-state index is 0.0219. The molecule has 0 saturated heterocycles. The van der Waals surface area contributed by atoms with Gasteiger partial charge in [-0.2, -0.15) is 13.2 Å². The maximum Gasteiger partial charge on any atom is 0.451 e. The Morgan fingerprint density at radius 2 is 1.80 bits per heavy atom. The fourth-order valence-electron chi connectivity index (χ4n) is 1.21. The topological polar surface area (TPSA) is 96.0 Å². The molecule has 1 rings (SSSR count). The first-order chi connectivity index (χ1) is 9.18. The molecule has 3 N–H and O–H groups in total. The number of halogens is 3. The Bertz CT molecular complexity index is 561. The van der Waals surface area contributed by atoms with Crippen LogP contribution in [0.2, 0.25) is 0 Å². The van der Waals surface area contributed by atoms with Crippen LogP contribution in [0.1, 0.15) is 5.82 Å². The van der Waals surface area contributed by atoms with E-state index in [1.807, 2.05) is 0 Å². The highest BCUT2D eigenvalue weighted by molar-refractivity contribution is 7.89. The van der Waals surface area contributed by atoms with Gasteiger partial charge in [-0.15, -0.1) is 0 Å². The van der Waals surface area contributed by atoms with Crippen LogP contribution in [0.3, 0.4) is 0 Å². The van der Waals surface area contributed by atoms with Gasteiger partial charge in [-0.25, -0.2) is 23.1 Å². The van der Waals surface area contributed by atoms with E-state index >= 15 is 0 Å². The normalized spacial score (nSPS) is 12.2. The Kier molecular flexibility index (Phi) is 5.11. The van der Waals surface area contributed by atoms with Crippen LogP contribution in [0.4, 0.5) is 24.8 Å². The van der Waals surface area contributed by atoms with E-state index in [9.17, 15) is 21.6 Å². The largest absolute Gasteiger partial charge is 0.451 e. The van der Waals surface area contributed by atoms with Gasteiger partial charge in [0.1, 0.15) is 11.6 Å². The van der Waals surface area contributed by atoms with E-state index in [4.69, 9.17) is 0 Å². The van der Waals surface area contributed by atoms with Gasteiger partial charge in [0.25, 0.3) is 0 Å². The number of hydrogen-bond acceptors (Lipinski definition) is 6. The molecule has 0 atom stereocenters. The molecule has 0 bridgehead atoms. The van der Waals surface area contributed by atoms with E-state index in [2.05, 4.69) is 25.3 Å². The first-order valence-electron chi connectivity index (χ1n) is 5.47. The molecule has 1 aromatic heterocycles. The van der Waals surface area contributed by atoms with E-state index in [1.54, 1.807) is 0 Å². The fraction of sp³-hybridized carbons (Fsp3) is 0.556. The maximum atomic E-state index is 12.6. The van der Waals surface area contributed by atoms with Crippen molar-refractivity contribution in [3.63, 3.8) is 0 Å². The van der Waals surface area contributed by atoms with Crippen LogP contribution in [0.25, 0.3) is 0 Å². The molecule has 0 radical (unpaired) electrons. The number of nitrogens with zero attached hydrogens (tertiary/aromatic N) is 2. The van der Waals surface area contributed by atoms with Crippen LogP contribution < -0.4 is 15.4 Å². The molecule has 1 heterocycles. The predicted octanol–water partition coefficient (Wildman–Crippen LogP) is 0.498. The Balaban J connectivity index is 2.85. The molecule has 11 heteroatoms. The Morgan fingerprint density at radius 3 is 2.30 bits per heavy atom. The predicted molar refractivity (Wildman–Crippen MR) is 67.9 cm³/mol. The molecular formula is C9H14F3N5O2S. The van der Waals surface area contributed by atoms with E-state index in [1.165, 1.54) is 20.2 Å². The molecule has 0 aliphatic carbocycles. The fourth-order valence-corrected chi connectivity index (χ4v) is 1.78. The summed E-state index contributed by atoms with van der Waals surface area (Å²) in [6.45, 7) is -0.0827.